The second-order valence-corrected chi connectivity index (χ2v) is 12.1. The number of carboxylic acids is 2. The molecule has 0 aromatic heterocycles. The molecule has 12 heteroatoms. The predicted octanol–water partition coefficient (Wildman–Crippen LogP) is 2.66. The molecule has 180 valence electrons. The molecule has 0 radical (unpaired) electrons. The maximum absolute atomic E-state index is 13.2. The summed E-state index contributed by atoms with van der Waals surface area (Å²) < 4.78 is 29.3. The molecule has 3 unspecified atom stereocenters. The van der Waals surface area contributed by atoms with Gasteiger partial charge in [0.1, 0.15) is 12.5 Å². The van der Waals surface area contributed by atoms with Gasteiger partial charge in [-0.25, -0.2) is 0 Å². The van der Waals surface area contributed by atoms with Crippen molar-refractivity contribution in [2.24, 2.45) is 0 Å². The number of aliphatic hydroxyl groups is 1. The zero-order valence-electron chi connectivity index (χ0n) is 17.9. The van der Waals surface area contributed by atoms with Crippen molar-refractivity contribution in [1.82, 2.24) is 0 Å². The molecule has 0 spiro atoms. The molecule has 0 bridgehead atoms. The highest BCUT2D eigenvalue weighted by atomic mass is 31.2. The normalized spacial score (nSPS) is 18.3. The summed E-state index contributed by atoms with van der Waals surface area (Å²) in [7, 11) is -6.46. The van der Waals surface area contributed by atoms with Crippen LogP contribution in [0.5, 0.6) is 5.75 Å². The van der Waals surface area contributed by atoms with E-state index in [0.717, 1.165) is 17.8 Å². The molecule has 3 atom stereocenters. The van der Waals surface area contributed by atoms with Crippen LogP contribution in [0.2, 0.25) is 0 Å². The third-order valence-electron chi connectivity index (χ3n) is 4.30. The van der Waals surface area contributed by atoms with Crippen molar-refractivity contribution in [1.29, 1.82) is 0 Å². The number of benzene rings is 2. The molecule has 0 saturated heterocycles. The molecule has 0 amide bonds. The maximum atomic E-state index is 13.2. The average molecular weight is 500 g/mol. The van der Waals surface area contributed by atoms with Crippen molar-refractivity contribution < 1.29 is 48.3 Å². The van der Waals surface area contributed by atoms with E-state index in [4.69, 9.17) is 24.4 Å². The Labute approximate surface area is 190 Å². The van der Waals surface area contributed by atoms with Gasteiger partial charge < -0.3 is 29.5 Å². The highest BCUT2D eigenvalue weighted by Crippen LogP contribution is 2.54. The van der Waals surface area contributed by atoms with Crippen LogP contribution in [0, 0.1) is 0 Å². The lowest BCUT2D eigenvalue weighted by Gasteiger charge is -2.29. The third-order valence-corrected chi connectivity index (χ3v) is 7.87. The van der Waals surface area contributed by atoms with E-state index in [1.54, 1.807) is 24.3 Å². The summed E-state index contributed by atoms with van der Waals surface area (Å²) in [5, 5.41) is 27.2. The van der Waals surface area contributed by atoms with Gasteiger partial charge in [-0.3, -0.25) is 18.7 Å². The van der Waals surface area contributed by atoms with Gasteiger partial charge in [-0.2, -0.15) is 0 Å². The largest absolute Gasteiger partial charge is 0.481 e. The van der Waals surface area contributed by atoms with Gasteiger partial charge in [-0.1, -0.05) is 36.4 Å². The van der Waals surface area contributed by atoms with Crippen LogP contribution < -0.4 is 9.83 Å². The second kappa shape index (κ2) is 12.5. The Morgan fingerprint density at radius 3 is 2.09 bits per heavy atom. The molecule has 4 N–H and O–H groups in total. The van der Waals surface area contributed by atoms with E-state index in [2.05, 4.69) is 0 Å². The Kier molecular flexibility index (Phi) is 10.7. The van der Waals surface area contributed by atoms with Gasteiger partial charge in [0.05, 0.1) is 30.4 Å². The quantitative estimate of drug-likeness (QED) is 0.414. The molecule has 33 heavy (non-hydrogen) atoms. The van der Waals surface area contributed by atoms with E-state index in [-0.39, 0.29) is 18.7 Å². The van der Waals surface area contributed by atoms with Crippen LogP contribution >= 0.6 is 14.7 Å². The average Bonchev–Trinajstić information content (AvgIpc) is 2.73. The van der Waals surface area contributed by atoms with Gasteiger partial charge in [0, 0.05) is 18.4 Å². The topological polar surface area (TPSA) is 175 Å². The summed E-state index contributed by atoms with van der Waals surface area (Å²) in [4.78, 5) is 37.1. The number of fused-ring (bicyclic) bond motifs is 3. The van der Waals surface area contributed by atoms with Crippen LogP contribution in [0.15, 0.2) is 48.5 Å². The van der Waals surface area contributed by atoms with E-state index in [9.17, 15) is 23.8 Å². The lowest BCUT2D eigenvalue weighted by atomic mass is 10.0. The number of aliphatic hydroxyl groups excluding tert-OH is 1. The third kappa shape index (κ3) is 8.94. The number of aliphatic carboxylic acids is 2. The van der Waals surface area contributed by atoms with Crippen LogP contribution in [-0.2, 0) is 23.5 Å². The van der Waals surface area contributed by atoms with Crippen molar-refractivity contribution in [2.45, 2.75) is 18.9 Å². The molecule has 1 aliphatic rings. The van der Waals surface area contributed by atoms with Crippen molar-refractivity contribution in [3.05, 3.63) is 48.5 Å². The molecule has 3 rings (SSSR count). The standard InChI is InChI=1S/C16H15O5P.C4H9O4P.CH2O/c17-11(9-16(18)19)10-22(20)15-8-4-2-6-13(15)12-5-1-3-7-14(12)21-22;1-9(7,8)3-2-4(5)6;1-2/h1-8,11,17H,9-10H2,(H,18,19);2-3H2,1H3,(H,5,6)(H,7,8);1H2. The highest BCUT2D eigenvalue weighted by molar-refractivity contribution is 7.67. The summed E-state index contributed by atoms with van der Waals surface area (Å²) in [6.07, 6.45) is -2.27. The lowest BCUT2D eigenvalue weighted by Crippen LogP contribution is -2.26. The van der Waals surface area contributed by atoms with Crippen LogP contribution in [0.25, 0.3) is 11.1 Å². The minimum Gasteiger partial charge on any atom is -0.481 e. The van der Waals surface area contributed by atoms with E-state index >= 15 is 0 Å². The second-order valence-electron chi connectivity index (χ2n) is 7.13. The monoisotopic (exact) mass is 500 g/mol. The van der Waals surface area contributed by atoms with Crippen molar-refractivity contribution in [3.8, 4) is 16.9 Å². The molecule has 0 saturated carbocycles. The summed E-state index contributed by atoms with van der Waals surface area (Å²) >= 11 is 0. The number of hydrogen-bond acceptors (Lipinski definition) is 7. The predicted molar refractivity (Wildman–Crippen MR) is 123 cm³/mol. The fourth-order valence-corrected chi connectivity index (χ4v) is 5.97. The smallest absolute Gasteiger partial charge is 0.305 e. The van der Waals surface area contributed by atoms with Crippen molar-refractivity contribution >= 4 is 38.8 Å². The Balaban J connectivity index is 0.000000420. The fourth-order valence-electron chi connectivity index (χ4n) is 2.96. The molecular formula is C21H26O10P2. The number of para-hydroxylation sites is 1. The van der Waals surface area contributed by atoms with E-state index in [1.807, 2.05) is 31.1 Å². The van der Waals surface area contributed by atoms with Crippen molar-refractivity contribution in [3.63, 3.8) is 0 Å². The number of rotatable bonds is 7. The van der Waals surface area contributed by atoms with Gasteiger partial charge >= 0.3 is 11.9 Å². The first-order valence-corrected chi connectivity index (χ1v) is 13.7. The Morgan fingerprint density at radius 1 is 1.03 bits per heavy atom. The first kappa shape index (κ1) is 28.3. The van der Waals surface area contributed by atoms with E-state index in [1.165, 1.54) is 0 Å². The molecule has 0 fully saturated rings. The summed E-state index contributed by atoms with van der Waals surface area (Å²) in [6.45, 7) is 3.15. The number of hydrogen-bond donors (Lipinski definition) is 4. The van der Waals surface area contributed by atoms with E-state index < -0.39 is 39.2 Å². The Morgan fingerprint density at radius 2 is 1.58 bits per heavy atom. The Hall–Kier alpha value is -2.77. The lowest BCUT2D eigenvalue weighted by molar-refractivity contribution is -0.139. The maximum Gasteiger partial charge on any atom is 0.305 e. The zero-order chi connectivity index (χ0) is 25.2. The molecule has 2 aromatic carbocycles. The van der Waals surface area contributed by atoms with Crippen LogP contribution in [0.3, 0.4) is 0 Å². The SMILES string of the molecule is C=O.CP(=O)(O)CCC(=O)O.O=C(O)CC(O)CP1(=O)Oc2ccccc2-c2ccccc21. The summed E-state index contributed by atoms with van der Waals surface area (Å²) in [6, 6.07) is 14.4. The number of carboxylic acid groups (broad SMARTS) is 2. The zero-order valence-corrected chi connectivity index (χ0v) is 19.7. The van der Waals surface area contributed by atoms with Crippen molar-refractivity contribution in [2.75, 3.05) is 19.0 Å². The molecule has 10 nitrogen and oxygen atoms in total. The molecule has 1 aliphatic heterocycles. The summed E-state index contributed by atoms with van der Waals surface area (Å²) in [5.41, 5.74) is 1.65. The van der Waals surface area contributed by atoms with Crippen LogP contribution in [0.4, 0.5) is 0 Å². The first-order valence-electron chi connectivity index (χ1n) is 9.59. The number of carbonyl (C=O) groups excluding carboxylic acids is 1. The van der Waals surface area contributed by atoms with Gasteiger partial charge in [-0.05, 0) is 17.7 Å². The highest BCUT2D eigenvalue weighted by Gasteiger charge is 2.37. The Bertz CT molecular complexity index is 1060. The minimum atomic E-state index is -3.36. The van der Waals surface area contributed by atoms with E-state index in [0.29, 0.717) is 11.1 Å². The van der Waals surface area contributed by atoms with Gasteiger partial charge in [0.15, 0.2) is 7.37 Å². The van der Waals surface area contributed by atoms with Gasteiger partial charge in [-0.15, -0.1) is 0 Å². The molecule has 2 aromatic rings. The van der Waals surface area contributed by atoms with Gasteiger partial charge in [0.25, 0.3) is 7.37 Å². The summed E-state index contributed by atoms with van der Waals surface area (Å²) in [5.74, 6) is -1.68. The van der Waals surface area contributed by atoms with Crippen LogP contribution in [-0.4, -0.2) is 64.0 Å². The molecule has 0 aliphatic carbocycles. The minimum absolute atomic E-state index is 0.137. The van der Waals surface area contributed by atoms with Gasteiger partial charge in [0.2, 0.25) is 0 Å². The first-order chi connectivity index (χ1) is 15.4. The molecule has 1 heterocycles. The number of carbonyl (C=O) groups is 3. The van der Waals surface area contributed by atoms with Crippen LogP contribution in [0.1, 0.15) is 12.8 Å². The fraction of sp³-hybridized carbons (Fsp3) is 0.286. The molecular weight excluding hydrogens is 474 g/mol.